The highest BCUT2D eigenvalue weighted by Gasteiger charge is 2.65. The lowest BCUT2D eigenvalue weighted by molar-refractivity contribution is -0.703. The molecule has 5 aliphatic carbocycles. The van der Waals surface area contributed by atoms with Crippen molar-refractivity contribution in [3.8, 4) is 0 Å². The van der Waals surface area contributed by atoms with Crippen molar-refractivity contribution >= 4 is 5.97 Å². The van der Waals surface area contributed by atoms with Crippen LogP contribution < -0.4 is 16.4 Å². The average Bonchev–Trinajstić information content (AvgIpc) is 3.66. The van der Waals surface area contributed by atoms with Crippen LogP contribution in [0.3, 0.4) is 0 Å². The summed E-state index contributed by atoms with van der Waals surface area (Å²) < 4.78 is 25.9. The Morgan fingerprint density at radius 2 is 1.80 bits per heavy atom. The first-order valence-corrected chi connectivity index (χ1v) is 20.4. The second kappa shape index (κ2) is 15.6. The second-order valence-corrected chi connectivity index (χ2v) is 17.9. The number of aliphatic hydroxyl groups is 2. The first-order chi connectivity index (χ1) is 23.7. The largest absolute Gasteiger partial charge is 0.465 e. The van der Waals surface area contributed by atoms with E-state index in [4.69, 9.17) is 24.7 Å². The van der Waals surface area contributed by atoms with Gasteiger partial charge in [-0.25, -0.2) is 0 Å². The van der Waals surface area contributed by atoms with E-state index in [0.717, 1.165) is 69.9 Å². The maximum absolute atomic E-state index is 12.2. The van der Waals surface area contributed by atoms with E-state index < -0.39 is 6.10 Å². The van der Waals surface area contributed by atoms with Crippen LogP contribution in [-0.2, 0) is 23.7 Å². The number of nitrogens with two attached hydrogens (primary N) is 3. The van der Waals surface area contributed by atoms with Gasteiger partial charge in [0.2, 0.25) is 0 Å². The molecule has 2 saturated heterocycles. The summed E-state index contributed by atoms with van der Waals surface area (Å²) in [5, 5.41) is 26.4. The van der Waals surface area contributed by atoms with Crippen LogP contribution in [0.5, 0.6) is 0 Å². The van der Waals surface area contributed by atoms with Gasteiger partial charge < -0.3 is 39.8 Å². The number of ether oxygens (including phenoxy) is 4. The Labute approximate surface area is 294 Å². The Kier molecular flexibility index (Phi) is 11.6. The van der Waals surface area contributed by atoms with Gasteiger partial charge in [0.05, 0.1) is 70.0 Å². The minimum atomic E-state index is -0.438. The molecule has 5 saturated carbocycles. The van der Waals surface area contributed by atoms with E-state index in [1.54, 1.807) is 0 Å². The highest BCUT2D eigenvalue weighted by Crippen LogP contribution is 2.68. The Balaban J connectivity index is 1.17. The molecule has 2 heterocycles. The van der Waals surface area contributed by atoms with Crippen molar-refractivity contribution in [3.05, 3.63) is 0 Å². The van der Waals surface area contributed by atoms with E-state index in [-0.39, 0.29) is 59.9 Å². The average molecular weight is 692 g/mol. The van der Waals surface area contributed by atoms with Crippen LogP contribution in [0.4, 0.5) is 0 Å². The smallest absolute Gasteiger partial charge is 0.302 e. The molecule has 0 radical (unpaired) electrons. The molecule has 10 heteroatoms. The van der Waals surface area contributed by atoms with Gasteiger partial charge in [-0.2, -0.15) is 0 Å². The lowest BCUT2D eigenvalue weighted by atomic mass is 9.45. The fraction of sp³-hybridized carbons (Fsp3) is 0.974. The van der Waals surface area contributed by atoms with E-state index in [1.807, 2.05) is 14.2 Å². The number of piperidine rings is 1. The second-order valence-electron chi connectivity index (χ2n) is 17.9. The SMILES string of the molecule is C[NH2+]CCOC1CC(C2OC3C(CCC4C5C(CC(O)CC5OC)CC5(CCC(CC6CCC(N)[NH2+]C6)C5)C43)C2COC(C)=O)CCC1O. The van der Waals surface area contributed by atoms with Gasteiger partial charge in [-0.15, -0.1) is 0 Å². The summed E-state index contributed by atoms with van der Waals surface area (Å²) in [6, 6.07) is 0. The number of hydrogen-bond donors (Lipinski definition) is 5. The van der Waals surface area contributed by atoms with Gasteiger partial charge in [0, 0.05) is 32.3 Å². The number of rotatable bonds is 10. The Morgan fingerprint density at radius 1 is 0.959 bits per heavy atom. The highest BCUT2D eigenvalue weighted by molar-refractivity contribution is 5.65. The zero-order valence-electron chi connectivity index (χ0n) is 30.6. The summed E-state index contributed by atoms with van der Waals surface area (Å²) in [4.78, 5) is 12.2. The molecule has 8 N–H and O–H groups in total. The number of methoxy groups -OCH3 is 1. The van der Waals surface area contributed by atoms with Crippen LogP contribution in [0.15, 0.2) is 0 Å². The standard InChI is InChI=1S/C39H67N3O7/c1-22(43)48-21-30-28-6-7-29-35-26(15-27(44)17-33(35)46-3)19-39(11-10-23(18-39)14-24-4-9-34(40)42-20-24)36(29)38(28)49-37(30)25-5-8-31(45)32(16-25)47-13-12-41-2/h23-38,41-42,44-45H,4-21,40H2,1-3H3/p+2. The number of aliphatic hydroxyl groups excluding tert-OH is 2. The summed E-state index contributed by atoms with van der Waals surface area (Å²) in [5.41, 5.74) is 6.46. The number of hydrogen-bond acceptors (Lipinski definition) is 8. The van der Waals surface area contributed by atoms with Gasteiger partial charge in [-0.1, -0.05) is 0 Å². The van der Waals surface area contributed by atoms with Crippen LogP contribution >= 0.6 is 0 Å². The summed E-state index contributed by atoms with van der Waals surface area (Å²) in [7, 11) is 3.90. The van der Waals surface area contributed by atoms with Crippen LogP contribution in [-0.4, -0.2) is 99.4 Å². The minimum absolute atomic E-state index is 0.00444. The molecule has 7 aliphatic rings. The third-order valence-electron chi connectivity index (χ3n) is 15.2. The van der Waals surface area contributed by atoms with E-state index in [2.05, 4.69) is 10.6 Å². The molecule has 1 spiro atoms. The zero-order chi connectivity index (χ0) is 34.3. The molecule has 0 amide bonds. The van der Waals surface area contributed by atoms with Crippen LogP contribution in [0.25, 0.3) is 0 Å². The van der Waals surface area contributed by atoms with Gasteiger partial charge in [0.15, 0.2) is 0 Å². The molecular weight excluding hydrogens is 622 g/mol. The first-order valence-electron chi connectivity index (χ1n) is 20.4. The minimum Gasteiger partial charge on any atom is -0.465 e. The molecule has 280 valence electrons. The predicted octanol–water partition coefficient (Wildman–Crippen LogP) is 1.56. The van der Waals surface area contributed by atoms with Crippen LogP contribution in [0, 0.1) is 58.7 Å². The number of likely N-dealkylation sites (N-methyl/N-ethyl adjacent to an activating group) is 1. The number of quaternary nitrogens is 2. The number of carbonyl (C=O) groups excluding carboxylic acids is 1. The van der Waals surface area contributed by atoms with E-state index in [0.29, 0.717) is 42.8 Å². The molecule has 7 fully saturated rings. The monoisotopic (exact) mass is 692 g/mol. The van der Waals surface area contributed by atoms with Crippen molar-refractivity contribution in [1.82, 2.24) is 0 Å². The summed E-state index contributed by atoms with van der Waals surface area (Å²) >= 11 is 0. The lowest BCUT2D eigenvalue weighted by Crippen LogP contribution is -2.95. The molecule has 17 atom stereocenters. The molecule has 7 rings (SSSR count). The molecule has 0 aromatic rings. The number of esters is 1. The van der Waals surface area contributed by atoms with E-state index in [1.165, 1.54) is 51.9 Å². The van der Waals surface area contributed by atoms with Gasteiger partial charge in [-0.05, 0) is 130 Å². The molecule has 2 aliphatic heterocycles. The fourth-order valence-corrected chi connectivity index (χ4v) is 13.3. The molecule has 49 heavy (non-hydrogen) atoms. The van der Waals surface area contributed by atoms with Gasteiger partial charge >= 0.3 is 5.97 Å². The molecule has 0 aromatic carbocycles. The Hall–Kier alpha value is -0.850. The quantitative estimate of drug-likeness (QED) is 0.171. The molecule has 10 nitrogen and oxygen atoms in total. The van der Waals surface area contributed by atoms with Crippen molar-refractivity contribution in [2.24, 2.45) is 64.4 Å². The van der Waals surface area contributed by atoms with Crippen molar-refractivity contribution in [3.63, 3.8) is 0 Å². The van der Waals surface area contributed by atoms with Crippen molar-refractivity contribution in [1.29, 1.82) is 0 Å². The van der Waals surface area contributed by atoms with Crippen molar-refractivity contribution in [2.75, 3.05) is 40.5 Å². The van der Waals surface area contributed by atoms with Crippen LogP contribution in [0.2, 0.25) is 0 Å². The molecular formula is C39H69N3O7+2. The van der Waals surface area contributed by atoms with Crippen molar-refractivity contribution < 1.29 is 44.6 Å². The molecule has 0 bridgehead atoms. The third-order valence-corrected chi connectivity index (χ3v) is 15.2. The Morgan fingerprint density at radius 3 is 2.55 bits per heavy atom. The van der Waals surface area contributed by atoms with Gasteiger partial charge in [0.1, 0.15) is 6.17 Å². The number of fused-ring (bicyclic) bond motifs is 6. The maximum atomic E-state index is 12.2. The van der Waals surface area contributed by atoms with Gasteiger partial charge in [-0.3, -0.25) is 10.5 Å². The maximum Gasteiger partial charge on any atom is 0.302 e. The number of carbonyl (C=O) groups is 1. The van der Waals surface area contributed by atoms with E-state index >= 15 is 0 Å². The molecule has 0 aromatic heterocycles. The zero-order valence-corrected chi connectivity index (χ0v) is 30.6. The third kappa shape index (κ3) is 7.51. The van der Waals surface area contributed by atoms with Gasteiger partial charge in [0.25, 0.3) is 0 Å². The van der Waals surface area contributed by atoms with E-state index in [9.17, 15) is 15.0 Å². The fourth-order valence-electron chi connectivity index (χ4n) is 13.3. The summed E-state index contributed by atoms with van der Waals surface area (Å²) in [6.45, 7) is 4.62. The topological polar surface area (TPSA) is 154 Å². The summed E-state index contributed by atoms with van der Waals surface area (Å²) in [6.07, 6.45) is 14.7. The lowest BCUT2D eigenvalue weighted by Gasteiger charge is -2.61. The first kappa shape index (κ1) is 36.5. The normalized spacial score (nSPS) is 49.7. The highest BCUT2D eigenvalue weighted by atomic mass is 16.5. The Bertz CT molecular complexity index is 1110. The summed E-state index contributed by atoms with van der Waals surface area (Å²) in [5.74, 6) is 4.04. The van der Waals surface area contributed by atoms with Crippen molar-refractivity contribution in [2.45, 2.75) is 140 Å². The van der Waals surface area contributed by atoms with Crippen LogP contribution in [0.1, 0.15) is 96.8 Å². The molecule has 17 unspecified atom stereocenters. The predicted molar refractivity (Wildman–Crippen MR) is 184 cm³/mol.